The first-order chi connectivity index (χ1) is 18.7. The van der Waals surface area contributed by atoms with Crippen LogP contribution in [-0.4, -0.2) is 41.6 Å². The summed E-state index contributed by atoms with van der Waals surface area (Å²) in [5.41, 5.74) is -1.30. The molecule has 2 heterocycles. The van der Waals surface area contributed by atoms with Gasteiger partial charge in [-0.2, -0.15) is 0 Å². The molecule has 3 atom stereocenters. The first-order valence-electron chi connectivity index (χ1n) is 12.2. The van der Waals surface area contributed by atoms with Crippen LogP contribution in [0.15, 0.2) is 66.7 Å². The van der Waals surface area contributed by atoms with Crippen molar-refractivity contribution in [2.45, 2.75) is 18.6 Å². The van der Waals surface area contributed by atoms with Crippen LogP contribution in [0.1, 0.15) is 49.7 Å². The van der Waals surface area contributed by atoms with Crippen LogP contribution in [0.3, 0.4) is 0 Å². The van der Waals surface area contributed by atoms with Crippen molar-refractivity contribution in [3.8, 4) is 0 Å². The number of imide groups is 1. The Morgan fingerprint density at radius 2 is 1.54 bits per heavy atom. The summed E-state index contributed by atoms with van der Waals surface area (Å²) in [6, 6.07) is 16.7. The van der Waals surface area contributed by atoms with E-state index in [1.807, 2.05) is 0 Å². The largest absolute Gasteiger partial charge is 0.462 e. The van der Waals surface area contributed by atoms with Gasteiger partial charge in [0.2, 0.25) is 29.0 Å². The first kappa shape index (κ1) is 25.4. The number of rotatable bonds is 4. The molecular formula is C29H19Cl2NO7. The second-order valence-electron chi connectivity index (χ2n) is 9.40. The number of benzene rings is 3. The Labute approximate surface area is 232 Å². The lowest BCUT2D eigenvalue weighted by molar-refractivity contribution is -0.127. The predicted octanol–water partition coefficient (Wildman–Crippen LogP) is 4.87. The summed E-state index contributed by atoms with van der Waals surface area (Å²) in [5, 5.41) is 0.277. The molecule has 39 heavy (non-hydrogen) atoms. The molecule has 2 amide bonds. The first-order valence-corrected chi connectivity index (χ1v) is 12.9. The highest BCUT2D eigenvalue weighted by atomic mass is 35.5. The maximum Gasteiger partial charge on any atom is 0.338 e. The van der Waals surface area contributed by atoms with Gasteiger partial charge in [0.05, 0.1) is 45.8 Å². The highest BCUT2D eigenvalue weighted by molar-refractivity contribution is 6.42. The van der Waals surface area contributed by atoms with Crippen LogP contribution in [0.5, 0.6) is 0 Å². The van der Waals surface area contributed by atoms with Crippen LogP contribution in [-0.2, 0) is 19.1 Å². The zero-order chi connectivity index (χ0) is 27.6. The average molecular weight is 564 g/mol. The topological polar surface area (TPSA) is 107 Å². The van der Waals surface area contributed by atoms with Gasteiger partial charge in [-0.3, -0.25) is 19.2 Å². The van der Waals surface area contributed by atoms with Gasteiger partial charge in [0.1, 0.15) is 0 Å². The van der Waals surface area contributed by atoms with Gasteiger partial charge >= 0.3 is 5.97 Å². The number of fused-ring (bicyclic) bond motifs is 3. The van der Waals surface area contributed by atoms with E-state index in [1.165, 1.54) is 36.4 Å². The molecule has 6 rings (SSSR count). The summed E-state index contributed by atoms with van der Waals surface area (Å²) < 4.78 is 11.2. The SMILES string of the molecule is CCOC(=O)c1ccc(N2C(=O)[C@H]3[C@@H](C2=O)C2(O[C@H]3c3cccc(Cl)c3Cl)C(=O)c3ccccc3C2=O)cc1. The molecule has 3 aliphatic rings. The van der Waals surface area contributed by atoms with Gasteiger partial charge in [-0.1, -0.05) is 59.6 Å². The molecule has 8 nitrogen and oxygen atoms in total. The lowest BCUT2D eigenvalue weighted by atomic mass is 9.77. The third kappa shape index (κ3) is 3.45. The molecule has 2 fully saturated rings. The van der Waals surface area contributed by atoms with Crippen LogP contribution in [0.2, 0.25) is 10.0 Å². The summed E-state index contributed by atoms with van der Waals surface area (Å²) in [5.74, 6) is -6.02. The molecule has 2 saturated heterocycles. The minimum absolute atomic E-state index is 0.0906. The molecule has 1 spiro atoms. The number of halogens is 2. The highest BCUT2D eigenvalue weighted by Crippen LogP contribution is 2.58. The van der Waals surface area contributed by atoms with E-state index in [0.717, 1.165) is 4.90 Å². The number of carbonyl (C=O) groups is 5. The zero-order valence-electron chi connectivity index (χ0n) is 20.4. The van der Waals surface area contributed by atoms with Crippen LogP contribution >= 0.6 is 23.2 Å². The second kappa shape index (κ2) is 9.12. The molecule has 10 heteroatoms. The van der Waals surface area contributed by atoms with E-state index in [-0.39, 0.29) is 44.6 Å². The number of hydrogen-bond donors (Lipinski definition) is 0. The van der Waals surface area contributed by atoms with Crippen LogP contribution in [0, 0.1) is 11.8 Å². The Bertz CT molecular complexity index is 1560. The van der Waals surface area contributed by atoms with Crippen molar-refractivity contribution < 1.29 is 33.4 Å². The normalized spacial score (nSPS) is 22.9. The van der Waals surface area contributed by atoms with Gasteiger partial charge in [0.15, 0.2) is 0 Å². The predicted molar refractivity (Wildman–Crippen MR) is 140 cm³/mol. The minimum atomic E-state index is -2.24. The number of hydrogen-bond acceptors (Lipinski definition) is 7. The third-order valence-corrected chi connectivity index (χ3v) is 8.28. The number of ketones is 2. The third-order valence-electron chi connectivity index (χ3n) is 7.44. The van der Waals surface area contributed by atoms with Gasteiger partial charge in [-0.05, 0) is 37.3 Å². The average Bonchev–Trinajstić information content (AvgIpc) is 3.50. The number of amides is 2. The molecule has 2 aliphatic heterocycles. The van der Waals surface area contributed by atoms with E-state index >= 15 is 0 Å². The van der Waals surface area contributed by atoms with Gasteiger partial charge in [0.25, 0.3) is 0 Å². The molecule has 0 aromatic heterocycles. The summed E-state index contributed by atoms with van der Waals surface area (Å²) in [6.45, 7) is 1.87. The molecular weight excluding hydrogens is 545 g/mol. The van der Waals surface area contributed by atoms with Crippen molar-refractivity contribution in [1.29, 1.82) is 0 Å². The maximum atomic E-state index is 14.0. The molecule has 0 N–H and O–H groups in total. The maximum absolute atomic E-state index is 14.0. The number of anilines is 1. The van der Waals surface area contributed by atoms with Gasteiger partial charge in [0, 0.05) is 16.7 Å². The Balaban J connectivity index is 1.49. The quantitative estimate of drug-likeness (QED) is 0.253. The molecule has 0 unspecified atom stereocenters. The molecule has 0 bridgehead atoms. The Kier molecular flexibility index (Phi) is 5.95. The van der Waals surface area contributed by atoms with Crippen molar-refractivity contribution >= 4 is 58.2 Å². The molecule has 0 radical (unpaired) electrons. The Morgan fingerprint density at radius 3 is 2.15 bits per heavy atom. The monoisotopic (exact) mass is 563 g/mol. The fourth-order valence-electron chi connectivity index (χ4n) is 5.76. The number of Topliss-reactive ketones (excluding diaryl/α,β-unsaturated/α-hetero) is 2. The van der Waals surface area contributed by atoms with Gasteiger partial charge < -0.3 is 9.47 Å². The van der Waals surface area contributed by atoms with Crippen molar-refractivity contribution in [1.82, 2.24) is 0 Å². The van der Waals surface area contributed by atoms with Crippen LogP contribution < -0.4 is 4.90 Å². The van der Waals surface area contributed by atoms with E-state index in [0.29, 0.717) is 0 Å². The van der Waals surface area contributed by atoms with Crippen molar-refractivity contribution in [2.75, 3.05) is 11.5 Å². The zero-order valence-corrected chi connectivity index (χ0v) is 21.9. The van der Waals surface area contributed by atoms with Gasteiger partial charge in [-0.25, -0.2) is 9.69 Å². The molecule has 3 aromatic rings. The van der Waals surface area contributed by atoms with E-state index < -0.39 is 52.9 Å². The number of esters is 1. The fourth-order valence-corrected chi connectivity index (χ4v) is 6.17. The summed E-state index contributed by atoms with van der Waals surface area (Å²) >= 11 is 12.7. The smallest absolute Gasteiger partial charge is 0.338 e. The van der Waals surface area contributed by atoms with E-state index in [4.69, 9.17) is 32.7 Å². The Morgan fingerprint density at radius 1 is 0.897 bits per heavy atom. The van der Waals surface area contributed by atoms with Crippen molar-refractivity contribution in [2.24, 2.45) is 11.8 Å². The molecule has 3 aromatic carbocycles. The number of ether oxygens (including phenoxy) is 2. The summed E-state index contributed by atoms with van der Waals surface area (Å²) in [7, 11) is 0. The van der Waals surface area contributed by atoms with Gasteiger partial charge in [-0.15, -0.1) is 0 Å². The van der Waals surface area contributed by atoms with Crippen molar-refractivity contribution in [3.63, 3.8) is 0 Å². The lowest BCUT2D eigenvalue weighted by Crippen LogP contribution is -2.51. The number of nitrogens with zero attached hydrogens (tertiary/aromatic N) is 1. The highest BCUT2D eigenvalue weighted by Gasteiger charge is 2.75. The molecule has 0 saturated carbocycles. The minimum Gasteiger partial charge on any atom is -0.462 e. The van der Waals surface area contributed by atoms with Crippen LogP contribution in [0.25, 0.3) is 0 Å². The van der Waals surface area contributed by atoms with Crippen LogP contribution in [0.4, 0.5) is 5.69 Å². The van der Waals surface area contributed by atoms with E-state index in [2.05, 4.69) is 0 Å². The molecule has 196 valence electrons. The van der Waals surface area contributed by atoms with Crippen molar-refractivity contribution in [3.05, 3.63) is 99.0 Å². The fraction of sp³-hybridized carbons (Fsp3) is 0.207. The second-order valence-corrected chi connectivity index (χ2v) is 10.2. The van der Waals surface area contributed by atoms with E-state index in [1.54, 1.807) is 37.3 Å². The number of carbonyl (C=O) groups excluding carboxylic acids is 5. The standard InChI is InChI=1S/C29H19Cl2NO7/c1-2-38-28(37)14-10-12-15(13-11-14)32-26(35)20-21(27(32)36)29(24(33)16-6-3-4-7-17(16)25(29)34)39-23(20)18-8-5-9-19(30)22(18)31/h3-13,20-21,23H,2H2,1H3/t20-,21-,23-/m0/s1. The molecule has 1 aliphatic carbocycles. The summed E-state index contributed by atoms with van der Waals surface area (Å²) in [6.07, 6.45) is -1.20. The Hall–Kier alpha value is -3.85. The summed E-state index contributed by atoms with van der Waals surface area (Å²) in [4.78, 5) is 68.7. The van der Waals surface area contributed by atoms with E-state index in [9.17, 15) is 24.0 Å². The lowest BCUT2D eigenvalue weighted by Gasteiger charge is -2.27.